The van der Waals surface area contributed by atoms with E-state index in [9.17, 15) is 14.9 Å². The molecule has 1 N–H and O–H groups in total. The van der Waals surface area contributed by atoms with Gasteiger partial charge in [-0.2, -0.15) is 0 Å². The zero-order chi connectivity index (χ0) is 12.9. The van der Waals surface area contributed by atoms with Gasteiger partial charge < -0.3 is 9.84 Å². The molecule has 0 spiro atoms. The van der Waals surface area contributed by atoms with E-state index in [0.29, 0.717) is 0 Å². The van der Waals surface area contributed by atoms with Gasteiger partial charge in [-0.25, -0.2) is 4.79 Å². The van der Waals surface area contributed by atoms with Crippen LogP contribution in [0.5, 0.6) is 0 Å². The number of allylic oxidation sites excluding steroid dienone is 2. The molecule has 0 aromatic rings. The predicted molar refractivity (Wildman–Crippen MR) is 59.9 cm³/mol. The van der Waals surface area contributed by atoms with Gasteiger partial charge in [-0.05, 0) is 6.92 Å². The summed E-state index contributed by atoms with van der Waals surface area (Å²) in [6.45, 7) is 1.81. The summed E-state index contributed by atoms with van der Waals surface area (Å²) in [5.41, 5.74) is -1.71. The van der Waals surface area contributed by atoms with Crippen LogP contribution in [-0.4, -0.2) is 28.3 Å². The number of carbonyl (C=O) groups is 1. The molecule has 0 fully saturated rings. The van der Waals surface area contributed by atoms with Gasteiger partial charge in [0, 0.05) is 12.2 Å². The van der Waals surface area contributed by atoms with Crippen LogP contribution in [0.2, 0.25) is 0 Å². The molecule has 17 heavy (non-hydrogen) atoms. The van der Waals surface area contributed by atoms with E-state index in [4.69, 9.17) is 9.84 Å². The first-order valence-corrected chi connectivity index (χ1v) is 5.08. The molecular weight excluding hydrogens is 226 g/mol. The fourth-order valence-corrected chi connectivity index (χ4v) is 1.63. The average molecular weight is 239 g/mol. The zero-order valence-corrected chi connectivity index (χ0v) is 9.28. The molecule has 0 amide bonds. The molecule has 0 saturated heterocycles. The van der Waals surface area contributed by atoms with Gasteiger partial charge in [0.15, 0.2) is 0 Å². The molecule has 0 bridgehead atoms. The van der Waals surface area contributed by atoms with Crippen molar-refractivity contribution in [2.75, 3.05) is 6.61 Å². The van der Waals surface area contributed by atoms with Crippen molar-refractivity contribution in [3.63, 3.8) is 0 Å². The first kappa shape index (κ1) is 13.1. The van der Waals surface area contributed by atoms with Gasteiger partial charge in [-0.3, -0.25) is 10.1 Å². The summed E-state index contributed by atoms with van der Waals surface area (Å²) in [6, 6.07) is 0. The molecule has 1 aliphatic rings. The highest BCUT2D eigenvalue weighted by atomic mass is 16.7. The van der Waals surface area contributed by atoms with E-state index in [0.717, 1.165) is 6.08 Å². The SMILES string of the molecule is CCOC1([N+](=O)[O-])C=CC=CC1/C=C/C(=O)O. The minimum Gasteiger partial charge on any atom is -0.478 e. The standard InChI is InChI=1S/C11H13NO5/c1-2-17-11(12(15)16)8-4-3-5-9(11)6-7-10(13)14/h3-9H,2H2,1H3,(H,13,14)/b7-6+. The Morgan fingerprint density at radius 3 is 2.88 bits per heavy atom. The van der Waals surface area contributed by atoms with E-state index in [1.54, 1.807) is 13.0 Å². The molecule has 1 aliphatic carbocycles. The van der Waals surface area contributed by atoms with Crippen molar-refractivity contribution in [3.05, 3.63) is 46.6 Å². The zero-order valence-electron chi connectivity index (χ0n) is 9.28. The molecule has 2 atom stereocenters. The summed E-state index contributed by atoms with van der Waals surface area (Å²) < 4.78 is 5.20. The lowest BCUT2D eigenvalue weighted by atomic mass is 9.91. The highest BCUT2D eigenvalue weighted by molar-refractivity contribution is 5.79. The summed E-state index contributed by atoms with van der Waals surface area (Å²) in [5.74, 6) is -1.89. The molecule has 92 valence electrons. The third kappa shape index (κ3) is 2.79. The number of nitro groups is 1. The van der Waals surface area contributed by atoms with Crippen LogP contribution in [-0.2, 0) is 9.53 Å². The lowest BCUT2D eigenvalue weighted by Crippen LogP contribution is -2.46. The predicted octanol–water partition coefficient (Wildman–Crippen LogP) is 1.38. The molecule has 6 nitrogen and oxygen atoms in total. The van der Waals surface area contributed by atoms with Crippen LogP contribution in [0, 0.1) is 16.0 Å². The molecule has 0 aromatic carbocycles. The Hall–Kier alpha value is -1.95. The average Bonchev–Trinajstić information content (AvgIpc) is 2.27. The maximum Gasteiger partial charge on any atom is 0.354 e. The van der Waals surface area contributed by atoms with Crippen LogP contribution in [0.25, 0.3) is 0 Å². The van der Waals surface area contributed by atoms with Gasteiger partial charge in [0.05, 0.1) is 17.4 Å². The number of nitrogens with zero attached hydrogens (tertiary/aromatic N) is 1. The Bertz CT molecular complexity index is 399. The second kappa shape index (κ2) is 5.40. The first-order chi connectivity index (χ1) is 8.03. The third-order valence-electron chi connectivity index (χ3n) is 2.35. The number of aliphatic carboxylic acids is 1. The molecule has 2 unspecified atom stereocenters. The second-order valence-electron chi connectivity index (χ2n) is 3.41. The Kier molecular flexibility index (Phi) is 4.17. The summed E-state index contributed by atoms with van der Waals surface area (Å²) in [6.07, 6.45) is 8.14. The molecule has 1 rings (SSSR count). The second-order valence-corrected chi connectivity index (χ2v) is 3.41. The molecule has 0 heterocycles. The monoisotopic (exact) mass is 239 g/mol. The Balaban J connectivity index is 3.06. The Labute approximate surface area is 98.0 Å². The fourth-order valence-electron chi connectivity index (χ4n) is 1.63. The maximum absolute atomic E-state index is 11.1. The van der Waals surface area contributed by atoms with Gasteiger partial charge in [-0.1, -0.05) is 24.3 Å². The molecule has 0 aromatic heterocycles. The lowest BCUT2D eigenvalue weighted by molar-refractivity contribution is -0.619. The first-order valence-electron chi connectivity index (χ1n) is 5.08. The van der Waals surface area contributed by atoms with Gasteiger partial charge in [0.2, 0.25) is 0 Å². The highest BCUT2D eigenvalue weighted by Crippen LogP contribution is 2.30. The van der Waals surface area contributed by atoms with E-state index < -0.39 is 22.5 Å². The van der Waals surface area contributed by atoms with Crippen molar-refractivity contribution in [3.8, 4) is 0 Å². The largest absolute Gasteiger partial charge is 0.478 e. The maximum atomic E-state index is 11.1. The van der Waals surface area contributed by atoms with E-state index >= 15 is 0 Å². The van der Waals surface area contributed by atoms with Crippen molar-refractivity contribution in [2.45, 2.75) is 12.6 Å². The topological polar surface area (TPSA) is 89.7 Å². The number of rotatable bonds is 5. The van der Waals surface area contributed by atoms with Crippen molar-refractivity contribution in [2.24, 2.45) is 5.92 Å². The van der Waals surface area contributed by atoms with E-state index in [1.165, 1.54) is 24.3 Å². The van der Waals surface area contributed by atoms with Gasteiger partial charge in [0.1, 0.15) is 0 Å². The number of carboxylic acid groups (broad SMARTS) is 1. The van der Waals surface area contributed by atoms with Gasteiger partial charge >= 0.3 is 11.7 Å². The molecule has 0 saturated carbocycles. The number of hydrogen-bond acceptors (Lipinski definition) is 4. The highest BCUT2D eigenvalue weighted by Gasteiger charge is 2.48. The van der Waals surface area contributed by atoms with Crippen LogP contribution in [0.4, 0.5) is 0 Å². The van der Waals surface area contributed by atoms with Gasteiger partial charge in [-0.15, -0.1) is 0 Å². The lowest BCUT2D eigenvalue weighted by Gasteiger charge is -2.27. The Morgan fingerprint density at radius 1 is 1.65 bits per heavy atom. The smallest absolute Gasteiger partial charge is 0.354 e. The van der Waals surface area contributed by atoms with Crippen molar-refractivity contribution in [1.29, 1.82) is 0 Å². The van der Waals surface area contributed by atoms with Crippen LogP contribution >= 0.6 is 0 Å². The number of ether oxygens (including phenoxy) is 1. The minimum absolute atomic E-state index is 0.163. The summed E-state index contributed by atoms with van der Waals surface area (Å²) in [7, 11) is 0. The third-order valence-corrected chi connectivity index (χ3v) is 2.35. The summed E-state index contributed by atoms with van der Waals surface area (Å²) in [4.78, 5) is 21.0. The minimum atomic E-state index is -1.71. The molecular formula is C11H13NO5. The molecule has 6 heteroatoms. The van der Waals surface area contributed by atoms with E-state index in [2.05, 4.69) is 0 Å². The Morgan fingerprint density at radius 2 is 2.35 bits per heavy atom. The van der Waals surface area contributed by atoms with Crippen LogP contribution < -0.4 is 0 Å². The molecule has 0 aliphatic heterocycles. The summed E-state index contributed by atoms with van der Waals surface area (Å²) in [5, 5.41) is 19.7. The van der Waals surface area contributed by atoms with E-state index in [1.807, 2.05) is 0 Å². The van der Waals surface area contributed by atoms with Crippen molar-refractivity contribution >= 4 is 5.97 Å². The van der Waals surface area contributed by atoms with Crippen LogP contribution in [0.3, 0.4) is 0 Å². The van der Waals surface area contributed by atoms with Crippen LogP contribution in [0.15, 0.2) is 36.5 Å². The summed E-state index contributed by atoms with van der Waals surface area (Å²) >= 11 is 0. The van der Waals surface area contributed by atoms with Crippen molar-refractivity contribution < 1.29 is 19.6 Å². The van der Waals surface area contributed by atoms with Crippen LogP contribution in [0.1, 0.15) is 6.92 Å². The van der Waals surface area contributed by atoms with Crippen molar-refractivity contribution in [1.82, 2.24) is 0 Å². The quantitative estimate of drug-likeness (QED) is 0.339. The molecule has 0 radical (unpaired) electrons. The normalized spacial score (nSPS) is 27.5. The van der Waals surface area contributed by atoms with E-state index in [-0.39, 0.29) is 6.61 Å². The van der Waals surface area contributed by atoms with Gasteiger partial charge in [0.25, 0.3) is 0 Å². The number of hydrogen-bond donors (Lipinski definition) is 1. The fraction of sp³-hybridized carbons (Fsp3) is 0.364. The number of carboxylic acids is 1.